The van der Waals surface area contributed by atoms with Crippen LogP contribution in [0.25, 0.3) is 0 Å². The average molecular weight is 422 g/mol. The topological polar surface area (TPSA) is 12.4 Å². The van der Waals surface area contributed by atoms with Crippen molar-refractivity contribution in [1.29, 1.82) is 0 Å². The maximum atomic E-state index is 13.2. The molecule has 0 bridgehead atoms. The SMILES string of the molecule is CCCC/C(=C\Sc1ccc(F)cc1)C(=Nc1ccccc1)Sc1ccccc1. The molecule has 0 spiro atoms. The third kappa shape index (κ3) is 7.22. The summed E-state index contributed by atoms with van der Waals surface area (Å²) in [4.78, 5) is 7.15. The van der Waals surface area contributed by atoms with Gasteiger partial charge in [-0.25, -0.2) is 9.38 Å². The molecule has 0 saturated carbocycles. The van der Waals surface area contributed by atoms with Crippen LogP contribution in [-0.4, -0.2) is 5.04 Å². The second kappa shape index (κ2) is 11.6. The maximum absolute atomic E-state index is 13.2. The molecular weight excluding hydrogens is 397 g/mol. The number of hydrogen-bond acceptors (Lipinski definition) is 3. The first kappa shape index (κ1) is 21.4. The smallest absolute Gasteiger partial charge is 0.123 e. The van der Waals surface area contributed by atoms with Crippen LogP contribution >= 0.6 is 23.5 Å². The fraction of sp³-hybridized carbons (Fsp3) is 0.160. The van der Waals surface area contributed by atoms with Gasteiger partial charge in [-0.1, -0.05) is 73.3 Å². The molecule has 0 aliphatic carbocycles. The Morgan fingerprint density at radius 1 is 0.862 bits per heavy atom. The number of hydrogen-bond donors (Lipinski definition) is 0. The molecule has 1 nitrogen and oxygen atoms in total. The largest absolute Gasteiger partial charge is 0.241 e. The fourth-order valence-corrected chi connectivity index (χ4v) is 4.45. The highest BCUT2D eigenvalue weighted by Gasteiger charge is 2.11. The molecule has 29 heavy (non-hydrogen) atoms. The van der Waals surface area contributed by atoms with E-state index >= 15 is 0 Å². The summed E-state index contributed by atoms with van der Waals surface area (Å²) in [6.45, 7) is 2.20. The molecule has 0 N–H and O–H groups in total. The van der Waals surface area contributed by atoms with Gasteiger partial charge in [0.2, 0.25) is 0 Å². The summed E-state index contributed by atoms with van der Waals surface area (Å²) in [5.41, 5.74) is 2.15. The van der Waals surface area contributed by atoms with Crippen molar-refractivity contribution in [3.05, 3.63) is 102 Å². The van der Waals surface area contributed by atoms with Gasteiger partial charge >= 0.3 is 0 Å². The van der Waals surface area contributed by atoms with Gasteiger partial charge in [-0.3, -0.25) is 0 Å². The Hall–Kier alpha value is -2.30. The molecule has 0 radical (unpaired) electrons. The van der Waals surface area contributed by atoms with Crippen molar-refractivity contribution in [1.82, 2.24) is 0 Å². The number of aliphatic imine (C=N–C) groups is 1. The zero-order valence-electron chi connectivity index (χ0n) is 16.4. The van der Waals surface area contributed by atoms with E-state index in [-0.39, 0.29) is 5.82 Å². The van der Waals surface area contributed by atoms with Crippen LogP contribution < -0.4 is 0 Å². The molecule has 0 aliphatic rings. The van der Waals surface area contributed by atoms with E-state index in [1.165, 1.54) is 17.7 Å². The van der Waals surface area contributed by atoms with Crippen LogP contribution in [0.5, 0.6) is 0 Å². The van der Waals surface area contributed by atoms with Gasteiger partial charge in [-0.2, -0.15) is 0 Å². The minimum Gasteiger partial charge on any atom is -0.241 e. The molecule has 0 aromatic heterocycles. The zero-order valence-corrected chi connectivity index (χ0v) is 18.1. The number of benzene rings is 3. The highest BCUT2D eigenvalue weighted by atomic mass is 32.2. The standard InChI is InChI=1S/C25H24FNS2/c1-2-3-10-20(19-28-23-17-15-21(26)16-18-23)25(27-22-11-6-4-7-12-22)29-24-13-8-5-9-14-24/h4-9,11-19H,2-3,10H2,1H3/b20-19+,27-25?. The van der Waals surface area contributed by atoms with Crippen LogP contribution in [0, 0.1) is 5.82 Å². The Balaban J connectivity index is 1.93. The lowest BCUT2D eigenvalue weighted by Crippen LogP contribution is -1.98. The molecule has 0 amide bonds. The molecule has 3 aromatic rings. The van der Waals surface area contributed by atoms with Crippen LogP contribution in [-0.2, 0) is 0 Å². The lowest BCUT2D eigenvalue weighted by molar-refractivity contribution is 0.626. The van der Waals surface area contributed by atoms with E-state index in [9.17, 15) is 4.39 Å². The average Bonchev–Trinajstić information content (AvgIpc) is 2.76. The van der Waals surface area contributed by atoms with Gasteiger partial charge in [-0.15, -0.1) is 0 Å². The molecule has 148 valence electrons. The Bertz CT molecular complexity index is 936. The normalized spacial score (nSPS) is 12.2. The Morgan fingerprint density at radius 2 is 1.52 bits per heavy atom. The molecular formula is C25H24FNS2. The van der Waals surface area contributed by atoms with Gasteiger partial charge in [0.05, 0.1) is 5.69 Å². The minimum absolute atomic E-state index is 0.213. The van der Waals surface area contributed by atoms with E-state index in [4.69, 9.17) is 4.99 Å². The summed E-state index contributed by atoms with van der Waals surface area (Å²) < 4.78 is 13.2. The molecule has 0 heterocycles. The maximum Gasteiger partial charge on any atom is 0.123 e. The third-order valence-corrected chi connectivity index (χ3v) is 6.17. The van der Waals surface area contributed by atoms with Crippen molar-refractivity contribution >= 4 is 34.3 Å². The lowest BCUT2D eigenvalue weighted by atomic mass is 10.1. The van der Waals surface area contributed by atoms with E-state index in [0.717, 1.165) is 39.8 Å². The summed E-state index contributed by atoms with van der Waals surface area (Å²) in [5, 5.41) is 3.17. The molecule has 3 aromatic carbocycles. The molecule has 3 rings (SSSR count). The van der Waals surface area contributed by atoms with Gasteiger partial charge in [0.1, 0.15) is 10.9 Å². The predicted molar refractivity (Wildman–Crippen MR) is 126 cm³/mol. The summed E-state index contributed by atoms with van der Waals surface area (Å²) in [5.74, 6) is -0.213. The van der Waals surface area contributed by atoms with E-state index in [1.54, 1.807) is 23.5 Å². The highest BCUT2D eigenvalue weighted by molar-refractivity contribution is 8.14. The molecule has 4 heteroatoms. The lowest BCUT2D eigenvalue weighted by Gasteiger charge is -2.12. The Morgan fingerprint density at radius 3 is 2.17 bits per heavy atom. The second-order valence-electron chi connectivity index (χ2n) is 6.49. The first-order valence-corrected chi connectivity index (χ1v) is 11.4. The summed E-state index contributed by atoms with van der Waals surface area (Å²) >= 11 is 3.30. The van der Waals surface area contributed by atoms with Gasteiger partial charge in [0.15, 0.2) is 0 Å². The van der Waals surface area contributed by atoms with Crippen LogP contribution in [0.4, 0.5) is 10.1 Å². The monoisotopic (exact) mass is 421 g/mol. The quantitative estimate of drug-likeness (QED) is 0.205. The number of para-hydroxylation sites is 1. The van der Waals surface area contributed by atoms with E-state index in [1.807, 2.05) is 60.7 Å². The summed E-state index contributed by atoms with van der Waals surface area (Å²) in [6.07, 6.45) is 3.17. The van der Waals surface area contributed by atoms with Gasteiger partial charge in [0, 0.05) is 9.79 Å². The van der Waals surface area contributed by atoms with Gasteiger partial charge < -0.3 is 0 Å². The fourth-order valence-electron chi connectivity index (χ4n) is 2.62. The molecule has 0 unspecified atom stereocenters. The molecule has 0 fully saturated rings. The van der Waals surface area contributed by atoms with Crippen molar-refractivity contribution in [2.45, 2.75) is 36.0 Å². The second-order valence-corrected chi connectivity index (χ2v) is 8.49. The Labute approximate surface area is 181 Å². The van der Waals surface area contributed by atoms with Crippen molar-refractivity contribution in [3.63, 3.8) is 0 Å². The van der Waals surface area contributed by atoms with Crippen molar-refractivity contribution in [2.24, 2.45) is 4.99 Å². The number of unbranched alkanes of at least 4 members (excludes halogenated alkanes) is 1. The zero-order chi connectivity index (χ0) is 20.3. The summed E-state index contributed by atoms with van der Waals surface area (Å²) in [6, 6.07) is 27.0. The first-order valence-electron chi connectivity index (χ1n) is 9.73. The van der Waals surface area contributed by atoms with E-state index in [0.29, 0.717) is 0 Å². The number of thioether (sulfide) groups is 2. The van der Waals surface area contributed by atoms with E-state index < -0.39 is 0 Å². The van der Waals surface area contributed by atoms with E-state index in [2.05, 4.69) is 24.5 Å². The predicted octanol–water partition coefficient (Wildman–Crippen LogP) is 8.51. The summed E-state index contributed by atoms with van der Waals surface area (Å²) in [7, 11) is 0. The molecule has 0 atom stereocenters. The van der Waals surface area contributed by atoms with Gasteiger partial charge in [0.25, 0.3) is 0 Å². The number of rotatable bonds is 8. The van der Waals surface area contributed by atoms with Crippen LogP contribution in [0.2, 0.25) is 0 Å². The Kier molecular flexibility index (Phi) is 8.59. The first-order chi connectivity index (χ1) is 14.2. The molecule has 0 saturated heterocycles. The number of halogens is 1. The van der Waals surface area contributed by atoms with Crippen LogP contribution in [0.1, 0.15) is 26.2 Å². The van der Waals surface area contributed by atoms with Crippen LogP contribution in [0.3, 0.4) is 0 Å². The molecule has 0 aliphatic heterocycles. The highest BCUT2D eigenvalue weighted by Crippen LogP contribution is 2.31. The third-order valence-electron chi connectivity index (χ3n) is 4.17. The minimum atomic E-state index is -0.213. The van der Waals surface area contributed by atoms with Crippen molar-refractivity contribution < 1.29 is 4.39 Å². The van der Waals surface area contributed by atoms with Crippen molar-refractivity contribution in [3.8, 4) is 0 Å². The number of nitrogens with zero attached hydrogens (tertiary/aromatic N) is 1. The van der Waals surface area contributed by atoms with Gasteiger partial charge in [-0.05, 0) is 72.4 Å². The van der Waals surface area contributed by atoms with Crippen molar-refractivity contribution in [2.75, 3.05) is 0 Å². The van der Waals surface area contributed by atoms with Crippen LogP contribution in [0.15, 0.2) is 111 Å².